The van der Waals surface area contributed by atoms with Gasteiger partial charge < -0.3 is 10.2 Å². The van der Waals surface area contributed by atoms with E-state index in [-0.39, 0.29) is 23.3 Å². The second-order valence-electron chi connectivity index (χ2n) is 9.06. The molecule has 1 unspecified atom stereocenters. The lowest BCUT2D eigenvalue weighted by molar-refractivity contribution is -0.138. The molecule has 2 amide bonds. The van der Waals surface area contributed by atoms with Crippen LogP contribution < -0.4 is 5.32 Å². The lowest BCUT2D eigenvalue weighted by atomic mass is 9.73. The number of benzene rings is 1. The number of carbonyl (C=O) groups excluding carboxylic acids is 2. The van der Waals surface area contributed by atoms with E-state index in [1.165, 1.54) is 38.5 Å². The van der Waals surface area contributed by atoms with Crippen molar-refractivity contribution < 1.29 is 9.59 Å². The SMILES string of the molecule is O=C(NC1CCCCC1)C(c1ccc(Cl)cc1)N1CC2(CCCCC2)CC1=O. The number of amides is 2. The third-order valence-corrected chi connectivity index (χ3v) is 7.22. The highest BCUT2D eigenvalue weighted by Gasteiger charge is 2.47. The summed E-state index contributed by atoms with van der Waals surface area (Å²) in [5.41, 5.74) is 0.935. The van der Waals surface area contributed by atoms with Gasteiger partial charge in [-0.3, -0.25) is 9.59 Å². The van der Waals surface area contributed by atoms with Crippen molar-refractivity contribution >= 4 is 23.4 Å². The van der Waals surface area contributed by atoms with Crippen LogP contribution in [0.25, 0.3) is 0 Å². The molecule has 1 heterocycles. The third-order valence-electron chi connectivity index (χ3n) is 6.96. The zero-order valence-corrected chi connectivity index (χ0v) is 17.3. The van der Waals surface area contributed by atoms with Crippen LogP contribution in [0.3, 0.4) is 0 Å². The van der Waals surface area contributed by atoms with Crippen molar-refractivity contribution in [3.63, 3.8) is 0 Å². The largest absolute Gasteiger partial charge is 0.351 e. The van der Waals surface area contributed by atoms with Crippen LogP contribution in [0.1, 0.15) is 82.2 Å². The maximum atomic E-state index is 13.4. The van der Waals surface area contributed by atoms with E-state index >= 15 is 0 Å². The monoisotopic (exact) mass is 402 g/mol. The summed E-state index contributed by atoms with van der Waals surface area (Å²) < 4.78 is 0. The van der Waals surface area contributed by atoms with E-state index in [2.05, 4.69) is 5.32 Å². The lowest BCUT2D eigenvalue weighted by Gasteiger charge is -2.35. The minimum atomic E-state index is -0.548. The van der Waals surface area contributed by atoms with Crippen molar-refractivity contribution in [2.45, 2.75) is 82.7 Å². The van der Waals surface area contributed by atoms with E-state index in [0.717, 1.165) is 31.2 Å². The Morgan fingerprint density at radius 2 is 1.68 bits per heavy atom. The maximum Gasteiger partial charge on any atom is 0.247 e. The van der Waals surface area contributed by atoms with Gasteiger partial charge >= 0.3 is 0 Å². The van der Waals surface area contributed by atoms with Gasteiger partial charge in [-0.05, 0) is 48.8 Å². The fourth-order valence-corrected chi connectivity index (χ4v) is 5.57. The van der Waals surface area contributed by atoms with Crippen LogP contribution in [0.2, 0.25) is 5.02 Å². The molecule has 1 aromatic rings. The molecule has 3 aliphatic rings. The quantitative estimate of drug-likeness (QED) is 0.769. The highest BCUT2D eigenvalue weighted by molar-refractivity contribution is 6.30. The Hall–Kier alpha value is -1.55. The summed E-state index contributed by atoms with van der Waals surface area (Å²) in [7, 11) is 0. The summed E-state index contributed by atoms with van der Waals surface area (Å²) >= 11 is 6.08. The van der Waals surface area contributed by atoms with Crippen molar-refractivity contribution in [2.24, 2.45) is 5.41 Å². The molecular weight excluding hydrogens is 372 g/mol. The van der Waals surface area contributed by atoms with Crippen LogP contribution >= 0.6 is 11.6 Å². The first-order chi connectivity index (χ1) is 13.6. The normalized spacial score (nSPS) is 23.8. The average molecular weight is 403 g/mol. The Labute approximate surface area is 173 Å². The molecule has 1 spiro atoms. The van der Waals surface area contributed by atoms with E-state index in [1.807, 2.05) is 29.2 Å². The van der Waals surface area contributed by atoms with Gasteiger partial charge in [-0.15, -0.1) is 0 Å². The summed E-state index contributed by atoms with van der Waals surface area (Å²) in [5, 5.41) is 3.90. The van der Waals surface area contributed by atoms with Crippen LogP contribution in [0.5, 0.6) is 0 Å². The van der Waals surface area contributed by atoms with Crippen molar-refractivity contribution in [3.05, 3.63) is 34.9 Å². The van der Waals surface area contributed by atoms with Gasteiger partial charge in [0, 0.05) is 24.0 Å². The van der Waals surface area contributed by atoms with Crippen molar-refractivity contribution in [1.29, 1.82) is 0 Å². The van der Waals surface area contributed by atoms with Crippen LogP contribution in [-0.2, 0) is 9.59 Å². The summed E-state index contributed by atoms with van der Waals surface area (Å²) in [6, 6.07) is 7.10. The van der Waals surface area contributed by atoms with Crippen LogP contribution in [0, 0.1) is 5.41 Å². The molecule has 28 heavy (non-hydrogen) atoms. The first-order valence-corrected chi connectivity index (χ1v) is 11.3. The van der Waals surface area contributed by atoms with E-state index in [9.17, 15) is 9.59 Å². The minimum Gasteiger partial charge on any atom is -0.351 e. The van der Waals surface area contributed by atoms with Crippen LogP contribution in [-0.4, -0.2) is 29.3 Å². The Morgan fingerprint density at radius 3 is 2.36 bits per heavy atom. The highest BCUT2D eigenvalue weighted by Crippen LogP contribution is 2.46. The standard InChI is InChI=1S/C23H31ClN2O2/c24-18-11-9-17(10-12-18)21(22(28)25-19-7-3-1-4-8-19)26-16-23(15-20(26)27)13-5-2-6-14-23/h9-12,19,21H,1-8,13-16H2,(H,25,28). The molecular formula is C23H31ClN2O2. The van der Waals surface area contributed by atoms with Gasteiger partial charge in [-0.25, -0.2) is 0 Å². The van der Waals surface area contributed by atoms with Gasteiger partial charge in [-0.1, -0.05) is 62.3 Å². The molecule has 4 rings (SSSR count). The fraction of sp³-hybridized carbons (Fsp3) is 0.652. The van der Waals surface area contributed by atoms with Crippen LogP contribution in [0.15, 0.2) is 24.3 Å². The highest BCUT2D eigenvalue weighted by atomic mass is 35.5. The number of rotatable bonds is 4. The number of nitrogens with zero attached hydrogens (tertiary/aromatic N) is 1. The zero-order chi connectivity index (χ0) is 19.6. The molecule has 2 aliphatic carbocycles. The van der Waals surface area contributed by atoms with E-state index in [1.54, 1.807) is 0 Å². The topological polar surface area (TPSA) is 49.4 Å². The number of hydrogen-bond donors (Lipinski definition) is 1. The van der Waals surface area contributed by atoms with Gasteiger partial charge in [0.25, 0.3) is 0 Å². The third kappa shape index (κ3) is 4.22. The molecule has 1 aromatic carbocycles. The van der Waals surface area contributed by atoms with Gasteiger partial charge in [0.2, 0.25) is 11.8 Å². The Bertz CT molecular complexity index is 706. The van der Waals surface area contributed by atoms with Gasteiger partial charge in [0.1, 0.15) is 6.04 Å². The second-order valence-corrected chi connectivity index (χ2v) is 9.49. The molecule has 1 saturated heterocycles. The molecule has 0 bridgehead atoms. The van der Waals surface area contributed by atoms with E-state index < -0.39 is 6.04 Å². The summed E-state index contributed by atoms with van der Waals surface area (Å²) in [4.78, 5) is 28.3. The van der Waals surface area contributed by atoms with Crippen molar-refractivity contribution in [1.82, 2.24) is 10.2 Å². The molecule has 2 saturated carbocycles. The predicted octanol–water partition coefficient (Wildman–Crippen LogP) is 5.01. The molecule has 152 valence electrons. The van der Waals surface area contributed by atoms with Crippen molar-refractivity contribution in [3.8, 4) is 0 Å². The fourth-order valence-electron chi connectivity index (χ4n) is 5.44. The van der Waals surface area contributed by atoms with E-state index in [0.29, 0.717) is 18.0 Å². The molecule has 1 aliphatic heterocycles. The summed E-state index contributed by atoms with van der Waals surface area (Å²) in [6.45, 7) is 0.706. The Morgan fingerprint density at radius 1 is 1.04 bits per heavy atom. The Kier molecular flexibility index (Phi) is 5.96. The number of halogens is 1. The smallest absolute Gasteiger partial charge is 0.247 e. The molecule has 0 aromatic heterocycles. The second kappa shape index (κ2) is 8.44. The predicted molar refractivity (Wildman–Crippen MR) is 111 cm³/mol. The number of likely N-dealkylation sites (tertiary alicyclic amines) is 1. The number of hydrogen-bond acceptors (Lipinski definition) is 2. The van der Waals surface area contributed by atoms with Crippen LogP contribution in [0.4, 0.5) is 0 Å². The minimum absolute atomic E-state index is 0.0320. The zero-order valence-electron chi connectivity index (χ0n) is 16.6. The average Bonchev–Trinajstić information content (AvgIpc) is 3.00. The summed E-state index contributed by atoms with van der Waals surface area (Å²) in [5.74, 6) is 0.0936. The van der Waals surface area contributed by atoms with E-state index in [4.69, 9.17) is 11.6 Å². The van der Waals surface area contributed by atoms with Gasteiger partial charge in [-0.2, -0.15) is 0 Å². The molecule has 5 heteroatoms. The van der Waals surface area contributed by atoms with Gasteiger partial charge in [0.15, 0.2) is 0 Å². The van der Waals surface area contributed by atoms with Gasteiger partial charge in [0.05, 0.1) is 0 Å². The Balaban J connectivity index is 1.58. The molecule has 1 atom stereocenters. The summed E-state index contributed by atoms with van der Waals surface area (Å²) in [6.07, 6.45) is 12.1. The first-order valence-electron chi connectivity index (χ1n) is 10.9. The molecule has 0 radical (unpaired) electrons. The lowest BCUT2D eigenvalue weighted by Crippen LogP contribution is -2.46. The molecule has 1 N–H and O–H groups in total. The first kappa shape index (κ1) is 19.8. The molecule has 4 nitrogen and oxygen atoms in total. The number of carbonyl (C=O) groups is 2. The van der Waals surface area contributed by atoms with Crippen molar-refractivity contribution in [2.75, 3.05) is 6.54 Å². The number of nitrogens with one attached hydrogen (secondary N) is 1. The molecule has 3 fully saturated rings. The maximum absolute atomic E-state index is 13.4.